The summed E-state index contributed by atoms with van der Waals surface area (Å²) >= 11 is 0. The minimum absolute atomic E-state index is 0.0738. The Bertz CT molecular complexity index is 1520. The summed E-state index contributed by atoms with van der Waals surface area (Å²) in [6.45, 7) is 10.8. The summed E-state index contributed by atoms with van der Waals surface area (Å²) in [7, 11) is 2.58. The molecule has 5 rings (SSSR count). The molecular formula is C31H38BN3O7. The fourth-order valence-electron chi connectivity index (χ4n) is 5.02. The van der Waals surface area contributed by atoms with Gasteiger partial charge in [0, 0.05) is 14.1 Å². The molecule has 2 aromatic carbocycles. The van der Waals surface area contributed by atoms with Crippen molar-refractivity contribution < 1.29 is 32.8 Å². The van der Waals surface area contributed by atoms with Crippen molar-refractivity contribution in [1.82, 2.24) is 15.1 Å². The molecule has 0 aliphatic carbocycles. The predicted octanol–water partition coefficient (Wildman–Crippen LogP) is 3.29. The molecular weight excluding hydrogens is 537 g/mol. The van der Waals surface area contributed by atoms with Crippen molar-refractivity contribution in [1.29, 1.82) is 0 Å². The van der Waals surface area contributed by atoms with Gasteiger partial charge in [-0.05, 0) is 64.7 Å². The molecule has 2 aliphatic heterocycles. The number of furan rings is 1. The third-order valence-electron chi connectivity index (χ3n) is 8.66. The number of nitrogens with one attached hydrogen (secondary N) is 1. The van der Waals surface area contributed by atoms with Crippen LogP contribution in [-0.4, -0.2) is 78.6 Å². The first-order valence-corrected chi connectivity index (χ1v) is 14.1. The van der Waals surface area contributed by atoms with Gasteiger partial charge in [-0.1, -0.05) is 36.4 Å². The lowest BCUT2D eigenvalue weighted by atomic mass is 9.79. The van der Waals surface area contributed by atoms with Gasteiger partial charge in [0.1, 0.15) is 18.7 Å². The van der Waals surface area contributed by atoms with E-state index in [0.717, 1.165) is 11.0 Å². The number of hydrogen-bond acceptors (Lipinski definition) is 7. The number of benzene rings is 2. The van der Waals surface area contributed by atoms with Crippen LogP contribution in [0.1, 0.15) is 63.7 Å². The van der Waals surface area contributed by atoms with Gasteiger partial charge in [0.25, 0.3) is 5.91 Å². The van der Waals surface area contributed by atoms with E-state index in [9.17, 15) is 14.4 Å². The average molecular weight is 575 g/mol. The van der Waals surface area contributed by atoms with Gasteiger partial charge in [-0.3, -0.25) is 14.4 Å². The minimum Gasteiger partial charge on any atom is -0.486 e. The topological polar surface area (TPSA) is 111 Å². The predicted molar refractivity (Wildman–Crippen MR) is 159 cm³/mol. The highest BCUT2D eigenvalue weighted by molar-refractivity contribution is 6.62. The second-order valence-electron chi connectivity index (χ2n) is 12.5. The van der Waals surface area contributed by atoms with Crippen molar-refractivity contribution >= 4 is 41.3 Å². The SMILES string of the molecule is C[C@H](NC(=O)[C@@]1(C)COc2c(oc3cc(B4OC(C)(C)C(C)(C)O4)ccc23)C(=O)N1CC(=O)N(C)C)c1ccccc1. The zero-order chi connectivity index (χ0) is 30.6. The molecule has 1 fully saturated rings. The number of carbonyl (C=O) groups is 3. The second-order valence-corrected chi connectivity index (χ2v) is 12.5. The molecule has 1 saturated heterocycles. The highest BCUT2D eigenvalue weighted by Gasteiger charge is 2.52. The van der Waals surface area contributed by atoms with Crippen LogP contribution in [0, 0.1) is 0 Å². The van der Waals surface area contributed by atoms with Gasteiger partial charge < -0.3 is 33.6 Å². The van der Waals surface area contributed by atoms with E-state index in [1.165, 1.54) is 9.80 Å². The van der Waals surface area contributed by atoms with Crippen LogP contribution in [0.25, 0.3) is 11.0 Å². The number of fused-ring (bicyclic) bond motifs is 3. The molecule has 0 spiro atoms. The van der Waals surface area contributed by atoms with E-state index in [0.29, 0.717) is 11.0 Å². The number of ether oxygens (including phenoxy) is 1. The molecule has 1 aromatic heterocycles. The standard InChI is InChI=1S/C31H38BN3O7/c1-19(20-12-10-9-11-13-20)33-28(38)31(6)18-39-25-22-15-14-21(32-41-29(2,3)30(4,5)42-32)16-23(22)40-26(25)27(37)35(31)17-24(36)34(7)8/h9-16,19H,17-18H2,1-8H3,(H,33,38)/t19-,31+/m0/s1. The van der Waals surface area contributed by atoms with Gasteiger partial charge in [-0.2, -0.15) is 0 Å². The van der Waals surface area contributed by atoms with Crippen LogP contribution < -0.4 is 15.5 Å². The fourth-order valence-corrected chi connectivity index (χ4v) is 5.02. The summed E-state index contributed by atoms with van der Waals surface area (Å²) in [6, 6.07) is 14.6. The van der Waals surface area contributed by atoms with Crippen molar-refractivity contribution in [3.8, 4) is 5.75 Å². The molecule has 10 nitrogen and oxygen atoms in total. The monoisotopic (exact) mass is 575 g/mol. The van der Waals surface area contributed by atoms with Crippen molar-refractivity contribution in [2.75, 3.05) is 27.2 Å². The lowest BCUT2D eigenvalue weighted by molar-refractivity contribution is -0.137. The highest BCUT2D eigenvalue weighted by Crippen LogP contribution is 2.40. The normalized spacial score (nSPS) is 21.9. The summed E-state index contributed by atoms with van der Waals surface area (Å²) in [5, 5.41) is 3.57. The maximum Gasteiger partial charge on any atom is 0.494 e. The molecule has 2 aliphatic rings. The van der Waals surface area contributed by atoms with Crippen molar-refractivity contribution in [3.63, 3.8) is 0 Å². The molecule has 3 aromatic rings. The van der Waals surface area contributed by atoms with Gasteiger partial charge >= 0.3 is 7.12 Å². The van der Waals surface area contributed by atoms with Crippen LogP contribution in [0.3, 0.4) is 0 Å². The van der Waals surface area contributed by atoms with Crippen LogP contribution in [0.4, 0.5) is 0 Å². The number of amides is 3. The molecule has 0 saturated carbocycles. The number of rotatable bonds is 6. The molecule has 3 amide bonds. The van der Waals surface area contributed by atoms with Crippen LogP contribution in [0.15, 0.2) is 52.9 Å². The molecule has 0 radical (unpaired) electrons. The quantitative estimate of drug-likeness (QED) is 0.450. The molecule has 1 N–H and O–H groups in total. The summed E-state index contributed by atoms with van der Waals surface area (Å²) < 4.78 is 24.7. The Kier molecular flexibility index (Phi) is 7.39. The van der Waals surface area contributed by atoms with Gasteiger partial charge in [-0.25, -0.2) is 0 Å². The largest absolute Gasteiger partial charge is 0.494 e. The number of likely N-dealkylation sites (N-methyl/N-ethyl adjacent to an activating group) is 1. The van der Waals surface area contributed by atoms with E-state index in [1.807, 2.05) is 71.0 Å². The first-order chi connectivity index (χ1) is 19.6. The Labute approximate surface area is 246 Å². The first-order valence-electron chi connectivity index (χ1n) is 14.1. The zero-order valence-electron chi connectivity index (χ0n) is 25.4. The van der Waals surface area contributed by atoms with E-state index >= 15 is 0 Å². The molecule has 2 atom stereocenters. The Morgan fingerprint density at radius 3 is 2.29 bits per heavy atom. The Hall–Kier alpha value is -3.83. The lowest BCUT2D eigenvalue weighted by Gasteiger charge is -2.38. The van der Waals surface area contributed by atoms with E-state index < -0.39 is 35.7 Å². The van der Waals surface area contributed by atoms with Crippen molar-refractivity contribution in [2.45, 2.75) is 64.3 Å². The van der Waals surface area contributed by atoms with Crippen LogP contribution in [-0.2, 0) is 18.9 Å². The zero-order valence-corrected chi connectivity index (χ0v) is 25.4. The highest BCUT2D eigenvalue weighted by atomic mass is 16.7. The maximum atomic E-state index is 14.1. The first kappa shape index (κ1) is 29.7. The minimum atomic E-state index is -1.51. The van der Waals surface area contributed by atoms with Crippen LogP contribution >= 0.6 is 0 Å². The van der Waals surface area contributed by atoms with E-state index in [4.69, 9.17) is 18.5 Å². The van der Waals surface area contributed by atoms with Gasteiger partial charge in [0.2, 0.25) is 17.6 Å². The maximum absolute atomic E-state index is 14.1. The summed E-state index contributed by atoms with van der Waals surface area (Å²) in [4.78, 5) is 43.5. The Morgan fingerprint density at radius 1 is 1.02 bits per heavy atom. The van der Waals surface area contributed by atoms with E-state index in [2.05, 4.69) is 5.32 Å². The summed E-state index contributed by atoms with van der Waals surface area (Å²) in [5.74, 6) is -1.26. The molecule has 0 bridgehead atoms. The molecule has 42 heavy (non-hydrogen) atoms. The lowest BCUT2D eigenvalue weighted by Crippen LogP contribution is -2.63. The van der Waals surface area contributed by atoms with Crippen LogP contribution in [0.2, 0.25) is 0 Å². The van der Waals surface area contributed by atoms with Gasteiger partial charge in [0.05, 0.1) is 22.6 Å². The van der Waals surface area contributed by atoms with E-state index in [-0.39, 0.29) is 36.6 Å². The summed E-state index contributed by atoms with van der Waals surface area (Å²) in [6.07, 6.45) is 0. The third-order valence-corrected chi connectivity index (χ3v) is 8.66. The number of hydrogen-bond donors (Lipinski definition) is 1. The second kappa shape index (κ2) is 10.5. The molecule has 0 unspecified atom stereocenters. The molecule has 11 heteroatoms. The molecule has 3 heterocycles. The molecule has 222 valence electrons. The van der Waals surface area contributed by atoms with Crippen molar-refractivity contribution in [2.24, 2.45) is 0 Å². The van der Waals surface area contributed by atoms with Crippen LogP contribution in [0.5, 0.6) is 5.75 Å². The number of carbonyl (C=O) groups excluding carboxylic acids is 3. The van der Waals surface area contributed by atoms with E-state index in [1.54, 1.807) is 33.2 Å². The van der Waals surface area contributed by atoms with Gasteiger partial charge in [-0.15, -0.1) is 0 Å². The third kappa shape index (κ3) is 5.05. The number of nitrogens with zero attached hydrogens (tertiary/aromatic N) is 2. The summed E-state index contributed by atoms with van der Waals surface area (Å²) in [5.41, 5.74) is -0.505. The smallest absolute Gasteiger partial charge is 0.486 e. The van der Waals surface area contributed by atoms with Crippen molar-refractivity contribution in [3.05, 3.63) is 59.9 Å². The average Bonchev–Trinajstić information content (AvgIpc) is 3.38. The fraction of sp³-hybridized carbons (Fsp3) is 0.452. The van der Waals surface area contributed by atoms with Gasteiger partial charge in [0.15, 0.2) is 11.3 Å². The Morgan fingerprint density at radius 2 is 1.67 bits per heavy atom. The Balaban J connectivity index is 1.49.